The molecule has 0 aliphatic carbocycles. The Morgan fingerprint density at radius 1 is 1.50 bits per heavy atom. The molecule has 1 aromatic heterocycles. The second-order valence-electron chi connectivity index (χ2n) is 3.90. The van der Waals surface area contributed by atoms with Crippen LogP contribution in [0.1, 0.15) is 11.3 Å². The molecule has 0 saturated heterocycles. The first-order valence-electron chi connectivity index (χ1n) is 5.41. The van der Waals surface area contributed by atoms with Crippen LogP contribution < -0.4 is 4.74 Å². The van der Waals surface area contributed by atoms with Gasteiger partial charge < -0.3 is 14.3 Å². The molecule has 5 nitrogen and oxygen atoms in total. The maximum atomic E-state index is 10.8. The van der Waals surface area contributed by atoms with Crippen molar-refractivity contribution in [3.63, 3.8) is 0 Å². The minimum atomic E-state index is -0.959. The van der Waals surface area contributed by atoms with E-state index in [1.165, 1.54) is 6.39 Å². The summed E-state index contributed by atoms with van der Waals surface area (Å²) in [5.74, 6) is 0.00663. The molecule has 2 aromatic rings. The molecule has 94 valence electrons. The third kappa shape index (κ3) is 2.34. The van der Waals surface area contributed by atoms with Crippen molar-refractivity contribution >= 4 is 5.97 Å². The van der Waals surface area contributed by atoms with Crippen molar-refractivity contribution in [2.75, 3.05) is 7.11 Å². The maximum absolute atomic E-state index is 10.8. The summed E-state index contributed by atoms with van der Waals surface area (Å²) in [7, 11) is 1.56. The van der Waals surface area contributed by atoms with E-state index >= 15 is 0 Å². The highest BCUT2D eigenvalue weighted by Gasteiger charge is 2.17. The number of carbonyl (C=O) groups is 1. The van der Waals surface area contributed by atoms with E-state index in [1.54, 1.807) is 7.11 Å². The fraction of sp³-hybridized carbons (Fsp3) is 0.231. The Labute approximate surface area is 104 Å². The molecule has 0 aliphatic heterocycles. The van der Waals surface area contributed by atoms with Crippen LogP contribution in [-0.4, -0.2) is 23.2 Å². The van der Waals surface area contributed by atoms with Crippen molar-refractivity contribution in [2.24, 2.45) is 0 Å². The second-order valence-corrected chi connectivity index (χ2v) is 3.90. The Balaban J connectivity index is 2.51. The Morgan fingerprint density at radius 3 is 2.94 bits per heavy atom. The minimum Gasteiger partial charge on any atom is -0.496 e. The van der Waals surface area contributed by atoms with Crippen LogP contribution in [-0.2, 0) is 11.2 Å². The van der Waals surface area contributed by atoms with Crippen LogP contribution in [0.4, 0.5) is 0 Å². The van der Waals surface area contributed by atoms with Gasteiger partial charge in [0.2, 0.25) is 0 Å². The zero-order valence-electron chi connectivity index (χ0n) is 10.1. The van der Waals surface area contributed by atoms with Gasteiger partial charge in [-0.3, -0.25) is 4.79 Å². The lowest BCUT2D eigenvalue weighted by Crippen LogP contribution is -2.01. The molecule has 0 bridgehead atoms. The number of nitrogens with zero attached hydrogens (tertiary/aromatic N) is 1. The number of ether oxygens (including phenoxy) is 1. The van der Waals surface area contributed by atoms with Crippen molar-refractivity contribution in [1.29, 1.82) is 0 Å². The topological polar surface area (TPSA) is 72.6 Å². The second kappa shape index (κ2) is 4.91. The SMILES string of the molecule is COc1ccc(C)cc1-c1ncoc1CC(=O)O. The van der Waals surface area contributed by atoms with Crippen LogP contribution in [0.5, 0.6) is 5.75 Å². The first-order chi connectivity index (χ1) is 8.61. The monoisotopic (exact) mass is 247 g/mol. The van der Waals surface area contributed by atoms with Gasteiger partial charge >= 0.3 is 5.97 Å². The highest BCUT2D eigenvalue weighted by Crippen LogP contribution is 2.32. The lowest BCUT2D eigenvalue weighted by Gasteiger charge is -2.08. The van der Waals surface area contributed by atoms with E-state index in [4.69, 9.17) is 14.3 Å². The van der Waals surface area contributed by atoms with E-state index in [9.17, 15) is 4.79 Å². The van der Waals surface area contributed by atoms with Gasteiger partial charge in [-0.15, -0.1) is 0 Å². The molecule has 18 heavy (non-hydrogen) atoms. The highest BCUT2D eigenvalue weighted by atomic mass is 16.5. The predicted molar refractivity (Wildman–Crippen MR) is 64.6 cm³/mol. The average Bonchev–Trinajstić information content (AvgIpc) is 2.76. The van der Waals surface area contributed by atoms with Crippen LogP contribution >= 0.6 is 0 Å². The van der Waals surface area contributed by atoms with Crippen molar-refractivity contribution < 1.29 is 19.1 Å². The molecule has 1 N–H and O–H groups in total. The Morgan fingerprint density at radius 2 is 2.28 bits per heavy atom. The summed E-state index contributed by atoms with van der Waals surface area (Å²) >= 11 is 0. The van der Waals surface area contributed by atoms with Gasteiger partial charge in [0.05, 0.1) is 7.11 Å². The number of hydrogen-bond acceptors (Lipinski definition) is 4. The number of benzene rings is 1. The number of aliphatic carboxylic acids is 1. The van der Waals surface area contributed by atoms with Gasteiger partial charge in [0.1, 0.15) is 23.6 Å². The molecule has 0 aliphatic rings. The zero-order valence-corrected chi connectivity index (χ0v) is 10.1. The van der Waals surface area contributed by atoms with Crippen LogP contribution in [0.15, 0.2) is 29.0 Å². The smallest absolute Gasteiger partial charge is 0.311 e. The average molecular weight is 247 g/mol. The molecule has 0 fully saturated rings. The summed E-state index contributed by atoms with van der Waals surface area (Å²) in [6.45, 7) is 1.94. The first kappa shape index (κ1) is 12.2. The van der Waals surface area contributed by atoms with Gasteiger partial charge in [0.25, 0.3) is 0 Å². The van der Waals surface area contributed by atoms with E-state index in [0.29, 0.717) is 17.2 Å². The van der Waals surface area contributed by atoms with E-state index in [-0.39, 0.29) is 6.42 Å². The summed E-state index contributed by atoms with van der Waals surface area (Å²) in [6.07, 6.45) is 1.04. The standard InChI is InChI=1S/C13H13NO4/c1-8-3-4-10(17-2)9(5-8)13-11(6-12(15)16)18-7-14-13/h3-5,7H,6H2,1-2H3,(H,15,16). The normalized spacial score (nSPS) is 10.3. The molecule has 0 radical (unpaired) electrons. The number of aromatic nitrogens is 1. The number of hydrogen-bond donors (Lipinski definition) is 1. The van der Waals surface area contributed by atoms with E-state index in [1.807, 2.05) is 25.1 Å². The number of aryl methyl sites for hydroxylation is 1. The molecule has 1 aromatic carbocycles. The van der Waals surface area contributed by atoms with Gasteiger partial charge in [0, 0.05) is 5.56 Å². The van der Waals surface area contributed by atoms with Crippen LogP contribution in [0.2, 0.25) is 0 Å². The van der Waals surface area contributed by atoms with Gasteiger partial charge in [-0.1, -0.05) is 11.6 Å². The van der Waals surface area contributed by atoms with Gasteiger partial charge in [-0.05, 0) is 19.1 Å². The van der Waals surface area contributed by atoms with E-state index in [2.05, 4.69) is 4.98 Å². The zero-order chi connectivity index (χ0) is 13.1. The first-order valence-corrected chi connectivity index (χ1v) is 5.41. The molecular formula is C13H13NO4. The summed E-state index contributed by atoms with van der Waals surface area (Å²) < 4.78 is 10.4. The molecule has 0 unspecified atom stereocenters. The summed E-state index contributed by atoms with van der Waals surface area (Å²) in [4.78, 5) is 14.8. The third-order valence-electron chi connectivity index (χ3n) is 2.56. The lowest BCUT2D eigenvalue weighted by molar-refractivity contribution is -0.136. The number of carboxylic acids is 1. The Bertz CT molecular complexity index is 574. The Kier molecular flexibility index (Phi) is 3.32. The fourth-order valence-corrected chi connectivity index (χ4v) is 1.76. The maximum Gasteiger partial charge on any atom is 0.311 e. The highest BCUT2D eigenvalue weighted by molar-refractivity contribution is 5.75. The third-order valence-corrected chi connectivity index (χ3v) is 2.56. The number of methoxy groups -OCH3 is 1. The van der Waals surface area contributed by atoms with E-state index < -0.39 is 5.97 Å². The van der Waals surface area contributed by atoms with Crippen LogP contribution in [0.25, 0.3) is 11.3 Å². The molecular weight excluding hydrogens is 234 g/mol. The molecule has 5 heteroatoms. The van der Waals surface area contributed by atoms with Crippen molar-refractivity contribution in [3.8, 4) is 17.0 Å². The van der Waals surface area contributed by atoms with Crippen molar-refractivity contribution in [3.05, 3.63) is 35.9 Å². The van der Waals surface area contributed by atoms with Gasteiger partial charge in [-0.25, -0.2) is 4.98 Å². The molecule has 2 rings (SSSR count). The quantitative estimate of drug-likeness (QED) is 0.897. The fourth-order valence-electron chi connectivity index (χ4n) is 1.76. The number of carboxylic acid groups (broad SMARTS) is 1. The van der Waals surface area contributed by atoms with Gasteiger partial charge in [-0.2, -0.15) is 0 Å². The van der Waals surface area contributed by atoms with Gasteiger partial charge in [0.15, 0.2) is 6.39 Å². The molecule has 0 amide bonds. The summed E-state index contributed by atoms with van der Waals surface area (Å²) in [6, 6.07) is 5.63. The van der Waals surface area contributed by atoms with Crippen LogP contribution in [0.3, 0.4) is 0 Å². The minimum absolute atomic E-state index is 0.202. The number of oxazole rings is 1. The lowest BCUT2D eigenvalue weighted by atomic mass is 10.1. The summed E-state index contributed by atoms with van der Waals surface area (Å²) in [5, 5.41) is 8.82. The van der Waals surface area contributed by atoms with Crippen molar-refractivity contribution in [1.82, 2.24) is 4.98 Å². The molecule has 0 saturated carbocycles. The van der Waals surface area contributed by atoms with E-state index in [0.717, 1.165) is 11.1 Å². The molecule has 0 spiro atoms. The van der Waals surface area contributed by atoms with Crippen LogP contribution in [0, 0.1) is 6.92 Å². The molecule has 0 atom stereocenters. The molecule has 1 heterocycles. The largest absolute Gasteiger partial charge is 0.496 e. The predicted octanol–water partition coefficient (Wildman–Crippen LogP) is 2.29. The number of rotatable bonds is 4. The summed E-state index contributed by atoms with van der Waals surface area (Å²) in [5.41, 5.74) is 2.29. The van der Waals surface area contributed by atoms with Crippen molar-refractivity contribution in [2.45, 2.75) is 13.3 Å². The Hall–Kier alpha value is -2.30.